The Balaban J connectivity index is 1.82. The van der Waals surface area contributed by atoms with Gasteiger partial charge in [0.2, 0.25) is 0 Å². The van der Waals surface area contributed by atoms with E-state index in [-0.39, 0.29) is 24.9 Å². The molecule has 1 aliphatic carbocycles. The summed E-state index contributed by atoms with van der Waals surface area (Å²) < 4.78 is 18.2. The van der Waals surface area contributed by atoms with E-state index in [1.807, 2.05) is 0 Å². The molecule has 1 saturated carbocycles. The number of halogens is 1. The lowest BCUT2D eigenvalue weighted by molar-refractivity contribution is -0.124. The maximum absolute atomic E-state index is 13.2. The van der Waals surface area contributed by atoms with Crippen molar-refractivity contribution >= 4 is 5.91 Å². The van der Waals surface area contributed by atoms with Crippen molar-refractivity contribution in [3.63, 3.8) is 0 Å². The highest BCUT2D eigenvalue weighted by molar-refractivity contribution is 5.78. The number of hydrogen-bond donors (Lipinski definition) is 2. The minimum Gasteiger partial charge on any atom is -0.481 e. The molecule has 1 aromatic carbocycles. The molecule has 1 fully saturated rings. The van der Waals surface area contributed by atoms with Crippen LogP contribution in [0.25, 0.3) is 0 Å². The number of aliphatic hydroxyl groups is 1. The van der Waals surface area contributed by atoms with Gasteiger partial charge in [-0.05, 0) is 25.0 Å². The van der Waals surface area contributed by atoms with Gasteiger partial charge in [0, 0.05) is 0 Å². The van der Waals surface area contributed by atoms with Crippen molar-refractivity contribution in [3.05, 3.63) is 30.1 Å². The summed E-state index contributed by atoms with van der Waals surface area (Å²) in [5.74, 6) is -0.792. The van der Waals surface area contributed by atoms with Crippen molar-refractivity contribution in [1.82, 2.24) is 5.32 Å². The predicted molar refractivity (Wildman–Crippen MR) is 59.1 cm³/mol. The molecule has 0 radical (unpaired) electrons. The first-order chi connectivity index (χ1) is 8.15. The van der Waals surface area contributed by atoms with Crippen LogP contribution in [-0.4, -0.2) is 29.8 Å². The molecule has 1 amide bonds. The van der Waals surface area contributed by atoms with E-state index in [9.17, 15) is 9.18 Å². The fourth-order valence-electron chi connectivity index (χ4n) is 1.51. The van der Waals surface area contributed by atoms with Gasteiger partial charge in [0.1, 0.15) is 0 Å². The van der Waals surface area contributed by atoms with Gasteiger partial charge in [-0.15, -0.1) is 0 Å². The van der Waals surface area contributed by atoms with Crippen LogP contribution in [0.1, 0.15) is 12.8 Å². The van der Waals surface area contributed by atoms with E-state index in [4.69, 9.17) is 9.84 Å². The summed E-state index contributed by atoms with van der Waals surface area (Å²) >= 11 is 0. The van der Waals surface area contributed by atoms with Gasteiger partial charge in [-0.3, -0.25) is 4.79 Å². The van der Waals surface area contributed by atoms with E-state index in [0.29, 0.717) is 0 Å². The van der Waals surface area contributed by atoms with E-state index >= 15 is 0 Å². The molecular weight excluding hydrogens is 225 g/mol. The lowest BCUT2D eigenvalue weighted by Gasteiger charge is -2.14. The average Bonchev–Trinajstić information content (AvgIpc) is 3.08. The smallest absolute Gasteiger partial charge is 0.258 e. The maximum Gasteiger partial charge on any atom is 0.258 e. The molecule has 0 spiro atoms. The van der Waals surface area contributed by atoms with Crippen LogP contribution in [0.15, 0.2) is 24.3 Å². The van der Waals surface area contributed by atoms with Crippen molar-refractivity contribution in [2.24, 2.45) is 0 Å². The molecular formula is C12H14FNO3. The quantitative estimate of drug-likeness (QED) is 0.800. The number of para-hydroxylation sites is 1. The lowest BCUT2D eigenvalue weighted by atomic mass is 10.3. The molecule has 1 aliphatic rings. The number of rotatable bonds is 5. The Morgan fingerprint density at radius 1 is 1.47 bits per heavy atom. The van der Waals surface area contributed by atoms with Gasteiger partial charge in [0.25, 0.3) is 5.91 Å². The van der Waals surface area contributed by atoms with Gasteiger partial charge < -0.3 is 15.2 Å². The Labute approximate surface area is 98.4 Å². The van der Waals surface area contributed by atoms with E-state index in [0.717, 1.165) is 12.8 Å². The predicted octanol–water partition coefficient (Wildman–Crippen LogP) is 0.846. The van der Waals surface area contributed by atoms with Crippen LogP contribution in [0.2, 0.25) is 0 Å². The van der Waals surface area contributed by atoms with Gasteiger partial charge in [-0.2, -0.15) is 0 Å². The number of hydrogen-bond acceptors (Lipinski definition) is 3. The van der Waals surface area contributed by atoms with Gasteiger partial charge in [-0.1, -0.05) is 12.1 Å². The molecule has 0 saturated heterocycles. The molecule has 2 rings (SSSR count). The highest BCUT2D eigenvalue weighted by atomic mass is 19.1. The Morgan fingerprint density at radius 2 is 2.18 bits per heavy atom. The Morgan fingerprint density at radius 3 is 2.76 bits per heavy atom. The standard InChI is InChI=1S/C12H14FNO3/c13-9-3-1-2-4-10(9)17-7-11(16)14-12(8-15)5-6-12/h1-4,15H,5-8H2,(H,14,16). The second-order valence-corrected chi connectivity index (χ2v) is 4.21. The zero-order valence-corrected chi connectivity index (χ0v) is 9.28. The fraction of sp³-hybridized carbons (Fsp3) is 0.417. The fourth-order valence-corrected chi connectivity index (χ4v) is 1.51. The molecule has 0 atom stereocenters. The maximum atomic E-state index is 13.2. The van der Waals surface area contributed by atoms with Crippen LogP contribution >= 0.6 is 0 Å². The van der Waals surface area contributed by atoms with E-state index in [1.54, 1.807) is 12.1 Å². The average molecular weight is 239 g/mol. The van der Waals surface area contributed by atoms with Gasteiger partial charge in [-0.25, -0.2) is 4.39 Å². The number of ether oxygens (including phenoxy) is 1. The van der Waals surface area contributed by atoms with Crippen molar-refractivity contribution < 1.29 is 19.0 Å². The summed E-state index contributed by atoms with van der Waals surface area (Å²) in [4.78, 5) is 11.5. The summed E-state index contributed by atoms with van der Waals surface area (Å²) in [5.41, 5.74) is -0.463. The van der Waals surface area contributed by atoms with Gasteiger partial charge in [0.15, 0.2) is 18.2 Å². The molecule has 2 N–H and O–H groups in total. The Hall–Kier alpha value is -1.62. The second-order valence-electron chi connectivity index (χ2n) is 4.21. The number of aliphatic hydroxyl groups excluding tert-OH is 1. The van der Waals surface area contributed by atoms with Gasteiger partial charge >= 0.3 is 0 Å². The molecule has 0 aromatic heterocycles. The van der Waals surface area contributed by atoms with E-state index in [1.165, 1.54) is 12.1 Å². The van der Waals surface area contributed by atoms with Crippen LogP contribution in [0.4, 0.5) is 4.39 Å². The van der Waals surface area contributed by atoms with Crippen molar-refractivity contribution in [2.75, 3.05) is 13.2 Å². The monoisotopic (exact) mass is 239 g/mol. The molecule has 0 aliphatic heterocycles. The zero-order valence-electron chi connectivity index (χ0n) is 9.28. The van der Waals surface area contributed by atoms with E-state index in [2.05, 4.69) is 5.32 Å². The van der Waals surface area contributed by atoms with Crippen LogP contribution < -0.4 is 10.1 Å². The molecule has 4 nitrogen and oxygen atoms in total. The summed E-state index contributed by atoms with van der Waals surface area (Å²) in [6.07, 6.45) is 1.55. The number of nitrogens with one attached hydrogen (secondary N) is 1. The molecule has 1 aromatic rings. The molecule has 0 bridgehead atoms. The number of carbonyl (C=O) groups excluding carboxylic acids is 1. The van der Waals surface area contributed by atoms with Crippen LogP contribution in [0.3, 0.4) is 0 Å². The summed E-state index contributed by atoms with van der Waals surface area (Å²) in [5, 5.41) is 11.7. The van der Waals surface area contributed by atoms with Crippen LogP contribution in [0.5, 0.6) is 5.75 Å². The van der Waals surface area contributed by atoms with Crippen molar-refractivity contribution in [1.29, 1.82) is 0 Å². The highest BCUT2D eigenvalue weighted by Gasteiger charge is 2.43. The van der Waals surface area contributed by atoms with Crippen molar-refractivity contribution in [3.8, 4) is 5.75 Å². The molecule has 17 heavy (non-hydrogen) atoms. The third-order valence-corrected chi connectivity index (χ3v) is 2.76. The van der Waals surface area contributed by atoms with Crippen molar-refractivity contribution in [2.45, 2.75) is 18.4 Å². The van der Waals surface area contributed by atoms with Crippen LogP contribution in [-0.2, 0) is 4.79 Å². The SMILES string of the molecule is O=C(COc1ccccc1F)NC1(CO)CC1. The molecule has 0 unspecified atom stereocenters. The minimum absolute atomic E-state index is 0.0523. The first-order valence-electron chi connectivity index (χ1n) is 5.44. The topological polar surface area (TPSA) is 58.6 Å². The second kappa shape index (κ2) is 4.71. The molecule has 5 heteroatoms. The summed E-state index contributed by atoms with van der Waals surface area (Å²) in [7, 11) is 0. The van der Waals surface area contributed by atoms with Gasteiger partial charge in [0.05, 0.1) is 12.1 Å². The first-order valence-corrected chi connectivity index (χ1v) is 5.44. The lowest BCUT2D eigenvalue weighted by Crippen LogP contribution is -2.42. The third-order valence-electron chi connectivity index (χ3n) is 2.76. The summed E-state index contributed by atoms with van der Waals surface area (Å²) in [6.45, 7) is -0.318. The number of carbonyl (C=O) groups is 1. The highest BCUT2D eigenvalue weighted by Crippen LogP contribution is 2.34. The largest absolute Gasteiger partial charge is 0.481 e. The first kappa shape index (κ1) is 11.9. The Bertz CT molecular complexity index is 418. The number of amides is 1. The molecule has 0 heterocycles. The Kier molecular flexibility index (Phi) is 3.28. The normalized spacial score (nSPS) is 16.4. The number of benzene rings is 1. The van der Waals surface area contributed by atoms with Crippen LogP contribution in [0, 0.1) is 5.82 Å². The third kappa shape index (κ3) is 2.94. The zero-order chi connectivity index (χ0) is 12.3. The minimum atomic E-state index is -0.497. The summed E-state index contributed by atoms with van der Waals surface area (Å²) in [6, 6.07) is 5.91. The molecule has 92 valence electrons. The van der Waals surface area contributed by atoms with E-state index < -0.39 is 11.4 Å².